The molecule has 0 saturated heterocycles. The summed E-state index contributed by atoms with van der Waals surface area (Å²) in [6.45, 7) is 1.91. The van der Waals surface area contributed by atoms with Gasteiger partial charge in [0.1, 0.15) is 11.6 Å². The number of nitrogens with zero attached hydrogens (tertiary/aromatic N) is 1. The number of aromatic nitrogens is 1. The van der Waals surface area contributed by atoms with Gasteiger partial charge in [0, 0.05) is 11.9 Å². The first-order chi connectivity index (χ1) is 9.11. The average molecular weight is 257 g/mol. The third-order valence-corrected chi connectivity index (χ3v) is 2.74. The maximum Gasteiger partial charge on any atom is 0.259 e. The van der Waals surface area contributed by atoms with Crippen LogP contribution in [-0.4, -0.2) is 18.0 Å². The fourth-order valence-corrected chi connectivity index (χ4v) is 1.76. The van der Waals surface area contributed by atoms with Crippen LogP contribution in [0, 0.1) is 6.92 Å². The lowest BCUT2D eigenvalue weighted by molar-refractivity contribution is 0.102. The first-order valence-corrected chi connectivity index (χ1v) is 5.78. The van der Waals surface area contributed by atoms with Crippen LogP contribution in [0.4, 0.5) is 11.5 Å². The van der Waals surface area contributed by atoms with E-state index in [-0.39, 0.29) is 11.7 Å². The Balaban J connectivity index is 2.20. The SMILES string of the molecule is COc1ccc(NC(=O)c2cccnc2N)cc1C. The van der Waals surface area contributed by atoms with Crippen molar-refractivity contribution < 1.29 is 9.53 Å². The number of benzene rings is 1. The molecule has 2 aromatic rings. The highest BCUT2D eigenvalue weighted by Gasteiger charge is 2.10. The quantitative estimate of drug-likeness (QED) is 0.884. The summed E-state index contributed by atoms with van der Waals surface area (Å²) in [5.74, 6) is 0.708. The molecule has 2 rings (SSSR count). The Morgan fingerprint density at radius 1 is 1.37 bits per heavy atom. The number of anilines is 2. The zero-order valence-electron chi connectivity index (χ0n) is 10.8. The van der Waals surface area contributed by atoms with Crippen molar-refractivity contribution in [3.8, 4) is 5.75 Å². The Bertz CT molecular complexity index is 611. The highest BCUT2D eigenvalue weighted by molar-refractivity contribution is 6.07. The summed E-state index contributed by atoms with van der Waals surface area (Å²) in [7, 11) is 1.61. The molecule has 1 amide bonds. The summed E-state index contributed by atoms with van der Waals surface area (Å²) in [6.07, 6.45) is 1.55. The second kappa shape index (κ2) is 5.39. The van der Waals surface area contributed by atoms with Gasteiger partial charge in [0.25, 0.3) is 5.91 Å². The van der Waals surface area contributed by atoms with Gasteiger partial charge in [-0.2, -0.15) is 0 Å². The fraction of sp³-hybridized carbons (Fsp3) is 0.143. The molecular formula is C14H15N3O2. The van der Waals surface area contributed by atoms with Crippen molar-refractivity contribution in [1.29, 1.82) is 0 Å². The molecule has 3 N–H and O–H groups in total. The Kier molecular flexibility index (Phi) is 3.66. The van der Waals surface area contributed by atoms with E-state index >= 15 is 0 Å². The zero-order valence-corrected chi connectivity index (χ0v) is 10.8. The van der Waals surface area contributed by atoms with E-state index in [9.17, 15) is 4.79 Å². The third kappa shape index (κ3) is 2.82. The standard InChI is InChI=1S/C14H15N3O2/c1-9-8-10(5-6-12(9)19-2)17-14(18)11-4-3-7-16-13(11)15/h3-8H,1-2H3,(H2,15,16)(H,17,18). The van der Waals surface area contributed by atoms with Crippen LogP contribution in [0.3, 0.4) is 0 Å². The number of nitrogens with two attached hydrogens (primary N) is 1. The molecule has 0 bridgehead atoms. The number of pyridine rings is 1. The molecule has 1 aromatic carbocycles. The second-order valence-electron chi connectivity index (χ2n) is 4.07. The number of carbonyl (C=O) groups excluding carboxylic acids is 1. The van der Waals surface area contributed by atoms with Crippen molar-refractivity contribution in [3.63, 3.8) is 0 Å². The van der Waals surface area contributed by atoms with Gasteiger partial charge in [-0.05, 0) is 42.8 Å². The van der Waals surface area contributed by atoms with Crippen LogP contribution in [0.2, 0.25) is 0 Å². The minimum absolute atomic E-state index is 0.213. The van der Waals surface area contributed by atoms with Gasteiger partial charge in [0.2, 0.25) is 0 Å². The van der Waals surface area contributed by atoms with E-state index in [1.807, 2.05) is 13.0 Å². The molecule has 98 valence electrons. The fourth-order valence-electron chi connectivity index (χ4n) is 1.76. The van der Waals surface area contributed by atoms with Crippen molar-refractivity contribution in [1.82, 2.24) is 4.98 Å². The largest absolute Gasteiger partial charge is 0.496 e. The summed E-state index contributed by atoms with van der Waals surface area (Å²) < 4.78 is 5.17. The molecular weight excluding hydrogens is 242 g/mol. The molecule has 0 aliphatic rings. The molecule has 5 nitrogen and oxygen atoms in total. The van der Waals surface area contributed by atoms with Crippen molar-refractivity contribution in [3.05, 3.63) is 47.7 Å². The maximum atomic E-state index is 12.0. The summed E-state index contributed by atoms with van der Waals surface area (Å²) in [4.78, 5) is 15.9. The van der Waals surface area contributed by atoms with Gasteiger partial charge in [-0.15, -0.1) is 0 Å². The average Bonchev–Trinajstić information content (AvgIpc) is 2.39. The number of hydrogen-bond donors (Lipinski definition) is 2. The second-order valence-corrected chi connectivity index (χ2v) is 4.07. The van der Waals surface area contributed by atoms with Gasteiger partial charge >= 0.3 is 0 Å². The van der Waals surface area contributed by atoms with Crippen LogP contribution in [-0.2, 0) is 0 Å². The monoisotopic (exact) mass is 257 g/mol. The van der Waals surface area contributed by atoms with Crippen molar-refractivity contribution in [2.45, 2.75) is 6.92 Å². The molecule has 0 spiro atoms. The lowest BCUT2D eigenvalue weighted by Crippen LogP contribution is -2.14. The van der Waals surface area contributed by atoms with Gasteiger partial charge in [-0.25, -0.2) is 4.98 Å². The van der Waals surface area contributed by atoms with E-state index < -0.39 is 0 Å². The van der Waals surface area contributed by atoms with Gasteiger partial charge < -0.3 is 15.8 Å². The van der Waals surface area contributed by atoms with E-state index in [1.165, 1.54) is 0 Å². The number of carbonyl (C=O) groups is 1. The summed E-state index contributed by atoms with van der Waals surface area (Å²) in [6, 6.07) is 8.72. The highest BCUT2D eigenvalue weighted by Crippen LogP contribution is 2.22. The Morgan fingerprint density at radius 2 is 2.16 bits per heavy atom. The van der Waals surface area contributed by atoms with E-state index in [0.29, 0.717) is 11.3 Å². The van der Waals surface area contributed by atoms with Crippen molar-refractivity contribution >= 4 is 17.4 Å². The van der Waals surface area contributed by atoms with E-state index in [0.717, 1.165) is 11.3 Å². The van der Waals surface area contributed by atoms with Crippen molar-refractivity contribution in [2.75, 3.05) is 18.2 Å². The molecule has 1 heterocycles. The number of nitrogen functional groups attached to an aromatic ring is 1. The number of ether oxygens (including phenoxy) is 1. The predicted molar refractivity (Wildman–Crippen MR) is 74.3 cm³/mol. The van der Waals surface area contributed by atoms with Crippen LogP contribution in [0.15, 0.2) is 36.5 Å². The minimum atomic E-state index is -0.282. The van der Waals surface area contributed by atoms with Crippen LogP contribution in [0.5, 0.6) is 5.75 Å². The van der Waals surface area contributed by atoms with Gasteiger partial charge in [0.15, 0.2) is 0 Å². The number of amides is 1. The Labute approximate surface area is 111 Å². The molecule has 0 aliphatic heterocycles. The highest BCUT2D eigenvalue weighted by atomic mass is 16.5. The summed E-state index contributed by atoms with van der Waals surface area (Å²) >= 11 is 0. The van der Waals surface area contributed by atoms with Gasteiger partial charge in [-0.1, -0.05) is 0 Å². The summed E-state index contributed by atoms with van der Waals surface area (Å²) in [5, 5.41) is 2.78. The van der Waals surface area contributed by atoms with Crippen LogP contribution < -0.4 is 15.8 Å². The predicted octanol–water partition coefficient (Wildman–Crippen LogP) is 2.23. The molecule has 0 aliphatic carbocycles. The lowest BCUT2D eigenvalue weighted by Gasteiger charge is -2.09. The number of rotatable bonds is 3. The molecule has 19 heavy (non-hydrogen) atoms. The topological polar surface area (TPSA) is 77.2 Å². The molecule has 0 radical (unpaired) electrons. The first kappa shape index (κ1) is 12.9. The van der Waals surface area contributed by atoms with Crippen LogP contribution in [0.1, 0.15) is 15.9 Å². The molecule has 5 heteroatoms. The van der Waals surface area contributed by atoms with Crippen molar-refractivity contribution in [2.24, 2.45) is 0 Å². The molecule has 0 fully saturated rings. The maximum absolute atomic E-state index is 12.0. The van der Waals surface area contributed by atoms with Crippen LogP contribution >= 0.6 is 0 Å². The zero-order chi connectivity index (χ0) is 13.8. The number of nitrogens with one attached hydrogen (secondary N) is 1. The molecule has 0 saturated carbocycles. The van der Waals surface area contributed by atoms with Crippen LogP contribution in [0.25, 0.3) is 0 Å². The summed E-state index contributed by atoms with van der Waals surface area (Å²) in [5.41, 5.74) is 7.65. The van der Waals surface area contributed by atoms with Gasteiger partial charge in [-0.3, -0.25) is 4.79 Å². The number of hydrogen-bond acceptors (Lipinski definition) is 4. The third-order valence-electron chi connectivity index (χ3n) is 2.74. The smallest absolute Gasteiger partial charge is 0.259 e. The Morgan fingerprint density at radius 3 is 2.79 bits per heavy atom. The number of aryl methyl sites for hydroxylation is 1. The minimum Gasteiger partial charge on any atom is -0.496 e. The lowest BCUT2D eigenvalue weighted by atomic mass is 10.2. The molecule has 1 aromatic heterocycles. The Hall–Kier alpha value is -2.56. The molecule has 0 unspecified atom stereocenters. The number of methoxy groups -OCH3 is 1. The van der Waals surface area contributed by atoms with E-state index in [2.05, 4.69) is 10.3 Å². The van der Waals surface area contributed by atoms with E-state index in [1.54, 1.807) is 37.6 Å². The van der Waals surface area contributed by atoms with E-state index in [4.69, 9.17) is 10.5 Å². The first-order valence-electron chi connectivity index (χ1n) is 5.78. The molecule has 0 atom stereocenters. The van der Waals surface area contributed by atoms with Gasteiger partial charge in [0.05, 0.1) is 12.7 Å². The normalized spacial score (nSPS) is 10.0.